The van der Waals surface area contributed by atoms with Crippen LogP contribution in [0.3, 0.4) is 0 Å². The Kier molecular flexibility index (Phi) is 3.88. The first-order chi connectivity index (χ1) is 6.61. The normalized spacial score (nSPS) is 20.6. The van der Waals surface area contributed by atoms with E-state index >= 15 is 0 Å². The molecule has 1 N–H and O–H groups in total. The van der Waals surface area contributed by atoms with Crippen LogP contribution < -0.4 is 5.32 Å². The Hall–Kier alpha value is -1.10. The summed E-state index contributed by atoms with van der Waals surface area (Å²) in [6.45, 7) is 1.36. The number of carbonyl (C=O) groups excluding carboxylic acids is 2. The molecule has 1 fully saturated rings. The van der Waals surface area contributed by atoms with Gasteiger partial charge in [0.2, 0.25) is 0 Å². The zero-order valence-electron chi connectivity index (χ0n) is 8.58. The molecular weight excluding hydrogens is 184 g/mol. The summed E-state index contributed by atoms with van der Waals surface area (Å²) < 4.78 is 4.88. The monoisotopic (exact) mass is 200 g/mol. The van der Waals surface area contributed by atoms with Gasteiger partial charge in [0.25, 0.3) is 5.91 Å². The Balaban J connectivity index is 2.23. The van der Waals surface area contributed by atoms with Crippen molar-refractivity contribution in [2.75, 3.05) is 33.8 Å². The molecule has 80 valence electrons. The molecule has 1 atom stereocenters. The van der Waals surface area contributed by atoms with Gasteiger partial charge in [0, 0.05) is 20.6 Å². The average Bonchev–Trinajstić information content (AvgIpc) is 2.66. The van der Waals surface area contributed by atoms with Gasteiger partial charge in [-0.2, -0.15) is 0 Å². The lowest BCUT2D eigenvalue weighted by Gasteiger charge is -2.12. The number of hydrogen-bond acceptors (Lipinski definition) is 4. The van der Waals surface area contributed by atoms with Crippen LogP contribution in [0.2, 0.25) is 0 Å². The molecule has 0 spiro atoms. The minimum atomic E-state index is -0.273. The van der Waals surface area contributed by atoms with Crippen LogP contribution >= 0.6 is 0 Å². The van der Waals surface area contributed by atoms with Crippen LogP contribution in [0.1, 0.15) is 6.42 Å². The van der Waals surface area contributed by atoms with Crippen molar-refractivity contribution in [2.24, 2.45) is 5.92 Å². The van der Waals surface area contributed by atoms with Crippen molar-refractivity contribution in [3.8, 4) is 0 Å². The lowest BCUT2D eigenvalue weighted by Crippen LogP contribution is -2.29. The van der Waals surface area contributed by atoms with Crippen LogP contribution in [0.15, 0.2) is 0 Å². The summed E-state index contributed by atoms with van der Waals surface area (Å²) in [6.07, 6.45) is 0.801. The first-order valence-electron chi connectivity index (χ1n) is 4.68. The van der Waals surface area contributed by atoms with Gasteiger partial charge in [-0.1, -0.05) is 0 Å². The van der Waals surface area contributed by atoms with Crippen molar-refractivity contribution in [2.45, 2.75) is 6.42 Å². The van der Waals surface area contributed by atoms with Crippen LogP contribution in [-0.2, 0) is 14.3 Å². The number of rotatable bonds is 3. The van der Waals surface area contributed by atoms with Gasteiger partial charge in [0.05, 0.1) is 5.92 Å². The first-order valence-corrected chi connectivity index (χ1v) is 4.68. The van der Waals surface area contributed by atoms with E-state index in [2.05, 4.69) is 5.32 Å². The molecule has 0 aromatic rings. The molecule has 5 nitrogen and oxygen atoms in total. The summed E-state index contributed by atoms with van der Waals surface area (Å²) in [5.74, 6) is -0.542. The highest BCUT2D eigenvalue weighted by Crippen LogP contribution is 2.09. The third kappa shape index (κ3) is 2.99. The molecule has 0 saturated carbocycles. The molecule has 1 heterocycles. The number of amides is 1. The molecule has 1 aliphatic rings. The van der Waals surface area contributed by atoms with E-state index in [-0.39, 0.29) is 24.4 Å². The maximum atomic E-state index is 11.3. The number of hydrogen-bond donors (Lipinski definition) is 1. The highest BCUT2D eigenvalue weighted by atomic mass is 16.5. The van der Waals surface area contributed by atoms with Gasteiger partial charge >= 0.3 is 5.97 Å². The van der Waals surface area contributed by atoms with E-state index in [0.29, 0.717) is 6.54 Å². The zero-order chi connectivity index (χ0) is 10.6. The van der Waals surface area contributed by atoms with Crippen molar-refractivity contribution in [1.82, 2.24) is 10.2 Å². The van der Waals surface area contributed by atoms with E-state index < -0.39 is 0 Å². The van der Waals surface area contributed by atoms with Gasteiger partial charge < -0.3 is 15.0 Å². The summed E-state index contributed by atoms with van der Waals surface area (Å²) >= 11 is 0. The fourth-order valence-corrected chi connectivity index (χ4v) is 1.24. The lowest BCUT2D eigenvalue weighted by molar-refractivity contribution is -0.154. The molecule has 1 amide bonds. The Morgan fingerprint density at radius 2 is 2.21 bits per heavy atom. The van der Waals surface area contributed by atoms with Crippen LogP contribution in [-0.4, -0.2) is 50.6 Å². The van der Waals surface area contributed by atoms with E-state index in [1.807, 2.05) is 0 Å². The third-order valence-corrected chi connectivity index (χ3v) is 2.23. The average molecular weight is 200 g/mol. The largest absolute Gasteiger partial charge is 0.455 e. The van der Waals surface area contributed by atoms with Crippen LogP contribution in [0.25, 0.3) is 0 Å². The number of likely N-dealkylation sites (N-methyl/N-ethyl adjacent to an activating group) is 1. The van der Waals surface area contributed by atoms with E-state index in [4.69, 9.17) is 4.74 Å². The molecular formula is C9H16N2O3. The molecule has 0 aliphatic carbocycles. The van der Waals surface area contributed by atoms with Gasteiger partial charge in [-0.25, -0.2) is 0 Å². The second kappa shape index (κ2) is 4.95. The summed E-state index contributed by atoms with van der Waals surface area (Å²) in [6, 6.07) is 0. The Bertz CT molecular complexity index is 222. The molecule has 0 aromatic heterocycles. The predicted molar refractivity (Wildman–Crippen MR) is 50.6 cm³/mol. The maximum absolute atomic E-state index is 11.3. The highest BCUT2D eigenvalue weighted by molar-refractivity contribution is 5.81. The van der Waals surface area contributed by atoms with E-state index in [1.165, 1.54) is 4.90 Å². The van der Waals surface area contributed by atoms with Crippen molar-refractivity contribution in [3.05, 3.63) is 0 Å². The predicted octanol–water partition coefficient (Wildman–Crippen LogP) is -0.773. The molecule has 14 heavy (non-hydrogen) atoms. The first kappa shape index (κ1) is 11.0. The fourth-order valence-electron chi connectivity index (χ4n) is 1.24. The second-order valence-electron chi connectivity index (χ2n) is 3.59. The van der Waals surface area contributed by atoms with Gasteiger partial charge in [0.1, 0.15) is 0 Å². The summed E-state index contributed by atoms with van der Waals surface area (Å²) in [4.78, 5) is 23.8. The molecule has 0 aromatic carbocycles. The quantitative estimate of drug-likeness (QED) is 0.608. The summed E-state index contributed by atoms with van der Waals surface area (Å²) in [5, 5.41) is 3.07. The van der Waals surface area contributed by atoms with Crippen LogP contribution in [0.5, 0.6) is 0 Å². The molecule has 0 bridgehead atoms. The van der Waals surface area contributed by atoms with Crippen LogP contribution in [0, 0.1) is 5.92 Å². The lowest BCUT2D eigenvalue weighted by atomic mass is 10.1. The van der Waals surface area contributed by atoms with Crippen molar-refractivity contribution in [1.29, 1.82) is 0 Å². The Morgan fingerprint density at radius 1 is 1.50 bits per heavy atom. The van der Waals surface area contributed by atoms with Crippen molar-refractivity contribution < 1.29 is 14.3 Å². The molecule has 1 aliphatic heterocycles. The minimum Gasteiger partial charge on any atom is -0.455 e. The standard InChI is InChI=1S/C9H16N2O3/c1-11(2)8(12)6-14-9(13)7-3-4-10-5-7/h7,10H,3-6H2,1-2H3/t7-/m1/s1. The molecule has 0 radical (unpaired) electrons. The number of nitrogens with one attached hydrogen (secondary N) is 1. The smallest absolute Gasteiger partial charge is 0.310 e. The topological polar surface area (TPSA) is 58.6 Å². The zero-order valence-corrected chi connectivity index (χ0v) is 8.58. The fraction of sp³-hybridized carbons (Fsp3) is 0.778. The molecule has 5 heteroatoms. The van der Waals surface area contributed by atoms with E-state index in [1.54, 1.807) is 14.1 Å². The van der Waals surface area contributed by atoms with E-state index in [0.717, 1.165) is 13.0 Å². The third-order valence-electron chi connectivity index (χ3n) is 2.23. The van der Waals surface area contributed by atoms with Crippen molar-refractivity contribution >= 4 is 11.9 Å². The number of esters is 1. The highest BCUT2D eigenvalue weighted by Gasteiger charge is 2.24. The number of nitrogens with zero attached hydrogens (tertiary/aromatic N) is 1. The van der Waals surface area contributed by atoms with E-state index in [9.17, 15) is 9.59 Å². The Morgan fingerprint density at radius 3 is 2.71 bits per heavy atom. The SMILES string of the molecule is CN(C)C(=O)COC(=O)[C@@H]1CCNC1. The van der Waals surface area contributed by atoms with Crippen molar-refractivity contribution in [3.63, 3.8) is 0 Å². The number of ether oxygens (including phenoxy) is 1. The maximum Gasteiger partial charge on any atom is 0.310 e. The van der Waals surface area contributed by atoms with Crippen LogP contribution in [0.4, 0.5) is 0 Å². The van der Waals surface area contributed by atoms with Gasteiger partial charge in [-0.3, -0.25) is 9.59 Å². The minimum absolute atomic E-state index is 0.0787. The molecule has 1 rings (SSSR count). The van der Waals surface area contributed by atoms with Gasteiger partial charge in [0.15, 0.2) is 6.61 Å². The summed E-state index contributed by atoms with van der Waals surface area (Å²) in [7, 11) is 3.26. The summed E-state index contributed by atoms with van der Waals surface area (Å²) in [5.41, 5.74) is 0. The van der Waals surface area contributed by atoms with Gasteiger partial charge in [-0.05, 0) is 13.0 Å². The van der Waals surface area contributed by atoms with Gasteiger partial charge in [-0.15, -0.1) is 0 Å². The number of carbonyl (C=O) groups is 2. The second-order valence-corrected chi connectivity index (χ2v) is 3.59. The molecule has 1 saturated heterocycles. The Labute approximate surface area is 83.4 Å². The molecule has 0 unspecified atom stereocenters.